The molecule has 1 aromatic rings. The lowest BCUT2D eigenvalue weighted by Crippen LogP contribution is -2.27. The minimum Gasteiger partial charge on any atom is -0.483 e. The van der Waals surface area contributed by atoms with E-state index in [4.69, 9.17) is 4.74 Å². The molecule has 0 bridgehead atoms. The maximum atomic E-state index is 11.5. The Labute approximate surface area is 117 Å². The normalized spacial score (nSPS) is 10.2. The molecular weight excluding hydrogens is 262 g/mol. The predicted octanol–water partition coefficient (Wildman–Crippen LogP) is 1.17. The number of carbonyl (C=O) groups excluding carboxylic acids is 1. The fourth-order valence-electron chi connectivity index (χ4n) is 1.49. The van der Waals surface area contributed by atoms with E-state index in [0.29, 0.717) is 17.9 Å². The number of benzene rings is 1. The van der Waals surface area contributed by atoms with Gasteiger partial charge in [-0.1, -0.05) is 6.92 Å². The number of nitro benzene ring substituents is 1. The maximum Gasteiger partial charge on any atom is 0.270 e. The van der Waals surface area contributed by atoms with Gasteiger partial charge in [0.15, 0.2) is 6.61 Å². The minimum absolute atomic E-state index is 0.00388. The molecule has 0 aromatic heterocycles. The average Bonchev–Trinajstić information content (AvgIpc) is 2.42. The zero-order chi connectivity index (χ0) is 15.1. The predicted molar refractivity (Wildman–Crippen MR) is 74.7 cm³/mol. The number of nitro groups is 1. The van der Waals surface area contributed by atoms with Crippen LogP contribution >= 0.6 is 0 Å². The van der Waals surface area contributed by atoms with Crippen LogP contribution < -0.4 is 10.1 Å². The van der Waals surface area contributed by atoms with E-state index >= 15 is 0 Å². The molecule has 0 heterocycles. The van der Waals surface area contributed by atoms with E-state index in [1.807, 2.05) is 6.92 Å². The lowest BCUT2D eigenvalue weighted by atomic mass is 10.1. The van der Waals surface area contributed by atoms with Gasteiger partial charge < -0.3 is 15.0 Å². The van der Waals surface area contributed by atoms with Crippen LogP contribution in [0.5, 0.6) is 5.75 Å². The molecule has 20 heavy (non-hydrogen) atoms. The van der Waals surface area contributed by atoms with Crippen molar-refractivity contribution in [3.05, 3.63) is 33.9 Å². The molecule has 1 N–H and O–H groups in total. The lowest BCUT2D eigenvalue weighted by molar-refractivity contribution is -0.384. The lowest BCUT2D eigenvalue weighted by Gasteiger charge is -2.14. The summed E-state index contributed by atoms with van der Waals surface area (Å²) in [4.78, 5) is 23.2. The minimum atomic E-state index is -0.454. The van der Waals surface area contributed by atoms with Crippen LogP contribution in [-0.2, 0) is 11.3 Å². The largest absolute Gasteiger partial charge is 0.483 e. The fraction of sp³-hybridized carbons (Fsp3) is 0.462. The van der Waals surface area contributed by atoms with Crippen molar-refractivity contribution in [2.24, 2.45) is 0 Å². The number of carbonyl (C=O) groups is 1. The summed E-state index contributed by atoms with van der Waals surface area (Å²) in [6.45, 7) is 3.03. The third-order valence-corrected chi connectivity index (χ3v) is 2.67. The van der Waals surface area contributed by atoms with Gasteiger partial charge in [-0.3, -0.25) is 14.9 Å². The summed E-state index contributed by atoms with van der Waals surface area (Å²) in [6, 6.07) is 4.34. The van der Waals surface area contributed by atoms with Crippen LogP contribution in [0.15, 0.2) is 18.2 Å². The van der Waals surface area contributed by atoms with E-state index in [0.717, 1.165) is 6.54 Å². The summed E-state index contributed by atoms with van der Waals surface area (Å²) in [5, 5.41) is 13.9. The Bertz CT molecular complexity index is 489. The van der Waals surface area contributed by atoms with Crippen molar-refractivity contribution in [1.82, 2.24) is 10.2 Å². The van der Waals surface area contributed by atoms with Crippen LogP contribution in [0, 0.1) is 10.1 Å². The van der Waals surface area contributed by atoms with Crippen molar-refractivity contribution in [2.75, 3.05) is 27.2 Å². The number of nitrogens with one attached hydrogen (secondary N) is 1. The summed E-state index contributed by atoms with van der Waals surface area (Å²) in [5.74, 6) is 0.310. The zero-order valence-corrected chi connectivity index (χ0v) is 11.9. The smallest absolute Gasteiger partial charge is 0.270 e. The highest BCUT2D eigenvalue weighted by atomic mass is 16.6. The zero-order valence-electron chi connectivity index (χ0n) is 11.9. The van der Waals surface area contributed by atoms with E-state index in [9.17, 15) is 14.9 Å². The highest BCUT2D eigenvalue weighted by molar-refractivity contribution is 5.77. The number of likely N-dealkylation sites (N-methyl/N-ethyl adjacent to an activating group) is 1. The molecule has 7 nitrogen and oxygen atoms in total. The third kappa shape index (κ3) is 4.51. The van der Waals surface area contributed by atoms with Crippen molar-refractivity contribution in [3.8, 4) is 5.75 Å². The molecule has 110 valence electrons. The fourth-order valence-corrected chi connectivity index (χ4v) is 1.49. The standard InChI is InChI=1S/C13H19N3O4/c1-4-14-8-10-7-11(16(18)19)5-6-12(10)20-9-13(17)15(2)3/h5-7,14H,4,8-9H2,1-3H3. The van der Waals surface area contributed by atoms with Gasteiger partial charge in [-0.25, -0.2) is 0 Å². The van der Waals surface area contributed by atoms with E-state index in [1.54, 1.807) is 14.1 Å². The molecule has 0 radical (unpaired) electrons. The number of hydrogen-bond donors (Lipinski definition) is 1. The molecule has 0 unspecified atom stereocenters. The van der Waals surface area contributed by atoms with Gasteiger partial charge in [-0.2, -0.15) is 0 Å². The van der Waals surface area contributed by atoms with Crippen molar-refractivity contribution < 1.29 is 14.5 Å². The van der Waals surface area contributed by atoms with E-state index in [1.165, 1.54) is 23.1 Å². The second kappa shape index (κ2) is 7.44. The molecule has 1 amide bonds. The Morgan fingerprint density at radius 1 is 1.45 bits per heavy atom. The molecule has 1 aromatic carbocycles. The summed E-state index contributed by atoms with van der Waals surface area (Å²) >= 11 is 0. The van der Waals surface area contributed by atoms with Crippen molar-refractivity contribution in [3.63, 3.8) is 0 Å². The van der Waals surface area contributed by atoms with Crippen LogP contribution in [0.4, 0.5) is 5.69 Å². The second-order valence-corrected chi connectivity index (χ2v) is 4.41. The average molecular weight is 281 g/mol. The quantitative estimate of drug-likeness (QED) is 0.599. The second-order valence-electron chi connectivity index (χ2n) is 4.41. The van der Waals surface area contributed by atoms with Gasteiger partial charge in [-0.15, -0.1) is 0 Å². The first-order valence-corrected chi connectivity index (χ1v) is 6.26. The molecule has 0 saturated heterocycles. The van der Waals surface area contributed by atoms with Crippen LogP contribution in [-0.4, -0.2) is 43.0 Å². The highest BCUT2D eigenvalue weighted by Crippen LogP contribution is 2.24. The molecule has 0 aliphatic heterocycles. The highest BCUT2D eigenvalue weighted by Gasteiger charge is 2.13. The van der Waals surface area contributed by atoms with Gasteiger partial charge in [0.2, 0.25) is 0 Å². The van der Waals surface area contributed by atoms with Crippen molar-refractivity contribution in [2.45, 2.75) is 13.5 Å². The number of ether oxygens (including phenoxy) is 1. The molecule has 0 fully saturated rings. The van der Waals surface area contributed by atoms with Crippen LogP contribution in [0.25, 0.3) is 0 Å². The SMILES string of the molecule is CCNCc1cc([N+](=O)[O-])ccc1OCC(=O)N(C)C. The summed E-state index contributed by atoms with van der Waals surface area (Å²) < 4.78 is 5.44. The summed E-state index contributed by atoms with van der Waals surface area (Å²) in [5.41, 5.74) is 0.664. The molecule has 1 rings (SSSR count). The van der Waals surface area contributed by atoms with Gasteiger partial charge in [0.05, 0.1) is 4.92 Å². The Hall–Kier alpha value is -2.15. The molecule has 0 aliphatic rings. The topological polar surface area (TPSA) is 84.7 Å². The number of nitrogens with zero attached hydrogens (tertiary/aromatic N) is 2. The van der Waals surface area contributed by atoms with Crippen LogP contribution in [0.3, 0.4) is 0 Å². The monoisotopic (exact) mass is 281 g/mol. The summed E-state index contributed by atoms with van der Waals surface area (Å²) in [7, 11) is 3.28. The molecular formula is C13H19N3O4. The number of amides is 1. The first kappa shape index (κ1) is 15.9. The maximum absolute atomic E-state index is 11.5. The van der Waals surface area contributed by atoms with E-state index in [-0.39, 0.29) is 18.2 Å². The van der Waals surface area contributed by atoms with Gasteiger partial charge >= 0.3 is 0 Å². The Morgan fingerprint density at radius 3 is 2.70 bits per heavy atom. The molecule has 0 spiro atoms. The molecule has 0 aliphatic carbocycles. The number of non-ortho nitro benzene ring substituents is 1. The molecule has 0 saturated carbocycles. The van der Waals surface area contributed by atoms with Crippen LogP contribution in [0.1, 0.15) is 12.5 Å². The molecule has 7 heteroatoms. The number of hydrogen-bond acceptors (Lipinski definition) is 5. The Kier molecular flexibility index (Phi) is 5.92. The van der Waals surface area contributed by atoms with Gasteiger partial charge in [0.25, 0.3) is 11.6 Å². The summed E-state index contributed by atoms with van der Waals surface area (Å²) in [6.07, 6.45) is 0. The Balaban J connectivity index is 2.87. The van der Waals surface area contributed by atoms with E-state index < -0.39 is 4.92 Å². The van der Waals surface area contributed by atoms with Gasteiger partial charge in [-0.05, 0) is 12.6 Å². The molecule has 0 atom stereocenters. The first-order chi connectivity index (χ1) is 9.45. The van der Waals surface area contributed by atoms with Gasteiger partial charge in [0.1, 0.15) is 5.75 Å². The van der Waals surface area contributed by atoms with Crippen LogP contribution in [0.2, 0.25) is 0 Å². The van der Waals surface area contributed by atoms with Gasteiger partial charge in [0, 0.05) is 38.3 Å². The van der Waals surface area contributed by atoms with Crippen molar-refractivity contribution >= 4 is 11.6 Å². The third-order valence-electron chi connectivity index (χ3n) is 2.67. The number of rotatable bonds is 7. The first-order valence-electron chi connectivity index (χ1n) is 6.26. The van der Waals surface area contributed by atoms with E-state index in [2.05, 4.69) is 5.32 Å². The van der Waals surface area contributed by atoms with Crippen molar-refractivity contribution in [1.29, 1.82) is 0 Å². The Morgan fingerprint density at radius 2 is 2.15 bits per heavy atom.